The Kier molecular flexibility index (Phi) is 4.75. The van der Waals surface area contributed by atoms with Crippen molar-refractivity contribution in [2.24, 2.45) is 0 Å². The van der Waals surface area contributed by atoms with Gasteiger partial charge in [0.2, 0.25) is 0 Å². The van der Waals surface area contributed by atoms with Gasteiger partial charge in [0.15, 0.2) is 8.32 Å². The minimum Gasteiger partial charge on any atom is -0.408 e. The molecule has 1 nitrogen and oxygen atoms in total. The Bertz CT molecular complexity index is 192. The van der Waals surface area contributed by atoms with E-state index in [1.54, 1.807) is 0 Å². The van der Waals surface area contributed by atoms with E-state index in [2.05, 4.69) is 33.9 Å². The standard InChI is InChI=1S/C12H26OSSi/c1-12(2,3)15(4,5)13-10-14-11-8-6-7-9-11/h11H,6-10H2,1-5H3. The van der Waals surface area contributed by atoms with Crippen molar-refractivity contribution in [2.45, 2.75) is 69.8 Å². The smallest absolute Gasteiger partial charge is 0.193 e. The zero-order valence-electron chi connectivity index (χ0n) is 10.9. The molecule has 1 saturated carbocycles. The summed E-state index contributed by atoms with van der Waals surface area (Å²) < 4.78 is 6.16. The van der Waals surface area contributed by atoms with Crippen molar-refractivity contribution >= 4 is 20.1 Å². The average molecular weight is 246 g/mol. The van der Waals surface area contributed by atoms with E-state index in [1.807, 2.05) is 11.8 Å². The van der Waals surface area contributed by atoms with Gasteiger partial charge in [0.05, 0.1) is 5.94 Å². The molecule has 1 fully saturated rings. The van der Waals surface area contributed by atoms with Crippen molar-refractivity contribution in [3.05, 3.63) is 0 Å². The van der Waals surface area contributed by atoms with Gasteiger partial charge in [-0.15, -0.1) is 11.8 Å². The van der Waals surface area contributed by atoms with Crippen LogP contribution in [0.2, 0.25) is 18.1 Å². The zero-order chi connectivity index (χ0) is 11.5. The summed E-state index contributed by atoms with van der Waals surface area (Å²) in [6, 6.07) is 0. The van der Waals surface area contributed by atoms with Gasteiger partial charge in [-0.2, -0.15) is 0 Å². The van der Waals surface area contributed by atoms with Crippen LogP contribution in [0.1, 0.15) is 46.5 Å². The zero-order valence-corrected chi connectivity index (χ0v) is 12.7. The molecule has 1 aliphatic carbocycles. The van der Waals surface area contributed by atoms with E-state index >= 15 is 0 Å². The fourth-order valence-electron chi connectivity index (χ4n) is 1.55. The minimum atomic E-state index is -1.50. The lowest BCUT2D eigenvalue weighted by molar-refractivity contribution is 0.353. The molecule has 1 aliphatic rings. The van der Waals surface area contributed by atoms with Crippen molar-refractivity contribution in [3.8, 4) is 0 Å². The molecule has 0 bridgehead atoms. The van der Waals surface area contributed by atoms with Gasteiger partial charge in [0, 0.05) is 5.25 Å². The van der Waals surface area contributed by atoms with Gasteiger partial charge in [-0.3, -0.25) is 0 Å². The third-order valence-electron chi connectivity index (χ3n) is 3.83. The maximum absolute atomic E-state index is 6.16. The van der Waals surface area contributed by atoms with E-state index in [0.717, 1.165) is 11.2 Å². The number of hydrogen-bond donors (Lipinski definition) is 0. The first-order chi connectivity index (χ1) is 6.83. The van der Waals surface area contributed by atoms with Crippen molar-refractivity contribution in [1.82, 2.24) is 0 Å². The molecule has 0 aromatic carbocycles. The van der Waals surface area contributed by atoms with Crippen LogP contribution in [0.3, 0.4) is 0 Å². The Morgan fingerprint density at radius 3 is 2.20 bits per heavy atom. The van der Waals surface area contributed by atoms with Gasteiger partial charge >= 0.3 is 0 Å². The topological polar surface area (TPSA) is 9.23 Å². The molecule has 0 aromatic heterocycles. The maximum Gasteiger partial charge on any atom is 0.193 e. The van der Waals surface area contributed by atoms with Crippen molar-refractivity contribution in [1.29, 1.82) is 0 Å². The Labute approximate surface area is 100 Å². The second-order valence-corrected chi connectivity index (χ2v) is 12.1. The highest BCUT2D eigenvalue weighted by Gasteiger charge is 2.37. The summed E-state index contributed by atoms with van der Waals surface area (Å²) in [4.78, 5) is 0. The summed E-state index contributed by atoms with van der Waals surface area (Å²) in [6.45, 7) is 11.6. The Balaban J connectivity index is 2.23. The molecule has 0 spiro atoms. The van der Waals surface area contributed by atoms with E-state index in [9.17, 15) is 0 Å². The largest absolute Gasteiger partial charge is 0.408 e. The molecule has 0 heterocycles. The average Bonchev–Trinajstić information content (AvgIpc) is 2.54. The predicted octanol–water partition coefficient (Wildman–Crippen LogP) is 4.64. The molecule has 15 heavy (non-hydrogen) atoms. The van der Waals surface area contributed by atoms with E-state index in [0.29, 0.717) is 5.04 Å². The summed E-state index contributed by atoms with van der Waals surface area (Å²) in [7, 11) is -1.50. The number of rotatable bonds is 4. The summed E-state index contributed by atoms with van der Waals surface area (Å²) >= 11 is 2.04. The van der Waals surface area contributed by atoms with Gasteiger partial charge in [0.1, 0.15) is 0 Å². The van der Waals surface area contributed by atoms with Gasteiger partial charge in [-0.05, 0) is 31.0 Å². The maximum atomic E-state index is 6.16. The molecule has 0 radical (unpaired) electrons. The summed E-state index contributed by atoms with van der Waals surface area (Å²) in [5, 5.41) is 1.23. The van der Waals surface area contributed by atoms with Crippen LogP contribution in [0.4, 0.5) is 0 Å². The second-order valence-electron chi connectivity index (χ2n) is 6.10. The lowest BCUT2D eigenvalue weighted by Crippen LogP contribution is -2.40. The molecule has 1 rings (SSSR count). The van der Waals surface area contributed by atoms with E-state index in [-0.39, 0.29) is 0 Å². The molecule has 0 N–H and O–H groups in total. The van der Waals surface area contributed by atoms with E-state index in [1.165, 1.54) is 25.7 Å². The van der Waals surface area contributed by atoms with E-state index < -0.39 is 8.32 Å². The summed E-state index contributed by atoms with van der Waals surface area (Å²) in [6.07, 6.45) is 5.67. The molecule has 0 atom stereocenters. The quantitative estimate of drug-likeness (QED) is 0.528. The third kappa shape index (κ3) is 4.12. The van der Waals surface area contributed by atoms with Gasteiger partial charge in [-0.1, -0.05) is 33.6 Å². The molecule has 0 unspecified atom stereocenters. The molecule has 0 saturated heterocycles. The number of hydrogen-bond acceptors (Lipinski definition) is 2. The Morgan fingerprint density at radius 2 is 1.73 bits per heavy atom. The summed E-state index contributed by atoms with van der Waals surface area (Å²) in [5.74, 6) is 0.918. The van der Waals surface area contributed by atoms with Crippen LogP contribution in [0.5, 0.6) is 0 Å². The normalized spacial score (nSPS) is 19.8. The van der Waals surface area contributed by atoms with Crippen LogP contribution in [0.25, 0.3) is 0 Å². The van der Waals surface area contributed by atoms with Gasteiger partial charge in [0.25, 0.3) is 0 Å². The van der Waals surface area contributed by atoms with Crippen LogP contribution in [0.15, 0.2) is 0 Å². The van der Waals surface area contributed by atoms with Gasteiger partial charge in [-0.25, -0.2) is 0 Å². The first-order valence-corrected chi connectivity index (χ1v) is 10.0. The monoisotopic (exact) mass is 246 g/mol. The van der Waals surface area contributed by atoms with Crippen LogP contribution in [-0.4, -0.2) is 19.5 Å². The molecule has 0 aliphatic heterocycles. The number of thioether (sulfide) groups is 1. The molecular weight excluding hydrogens is 220 g/mol. The SMILES string of the molecule is CC(C)(C)[Si](C)(C)OCSC1CCCC1. The van der Waals surface area contributed by atoms with Gasteiger partial charge < -0.3 is 4.43 Å². The molecule has 0 amide bonds. The lowest BCUT2D eigenvalue weighted by Gasteiger charge is -2.36. The summed E-state index contributed by atoms with van der Waals surface area (Å²) in [5.41, 5.74) is 0. The van der Waals surface area contributed by atoms with Crippen LogP contribution in [0, 0.1) is 0 Å². The van der Waals surface area contributed by atoms with Crippen LogP contribution < -0.4 is 0 Å². The Hall–Kier alpha value is 0.527. The highest BCUT2D eigenvalue weighted by molar-refractivity contribution is 7.99. The first kappa shape index (κ1) is 13.6. The molecule has 90 valence electrons. The molecular formula is C12H26OSSi. The third-order valence-corrected chi connectivity index (χ3v) is 9.72. The Morgan fingerprint density at radius 1 is 1.20 bits per heavy atom. The van der Waals surface area contributed by atoms with E-state index in [4.69, 9.17) is 4.43 Å². The minimum absolute atomic E-state index is 0.350. The highest BCUT2D eigenvalue weighted by Crippen LogP contribution is 2.38. The highest BCUT2D eigenvalue weighted by atomic mass is 32.2. The first-order valence-electron chi connectivity index (χ1n) is 6.08. The fourth-order valence-corrected chi connectivity index (χ4v) is 4.29. The fraction of sp³-hybridized carbons (Fsp3) is 1.00. The second kappa shape index (κ2) is 5.24. The van der Waals surface area contributed by atoms with Crippen molar-refractivity contribution in [3.63, 3.8) is 0 Å². The predicted molar refractivity (Wildman–Crippen MR) is 73.0 cm³/mol. The van der Waals surface area contributed by atoms with Crippen molar-refractivity contribution < 1.29 is 4.43 Å². The van der Waals surface area contributed by atoms with Crippen molar-refractivity contribution in [2.75, 3.05) is 5.94 Å². The van der Waals surface area contributed by atoms with Crippen LogP contribution >= 0.6 is 11.8 Å². The van der Waals surface area contributed by atoms with Crippen LogP contribution in [-0.2, 0) is 4.43 Å². The molecule has 3 heteroatoms. The lowest BCUT2D eigenvalue weighted by atomic mass is 10.2. The molecule has 0 aromatic rings.